The first-order valence-corrected chi connectivity index (χ1v) is 9.96. The molecule has 0 heterocycles. The third kappa shape index (κ3) is 3.80. The van der Waals surface area contributed by atoms with Crippen LogP contribution in [0.1, 0.15) is 32.6 Å². The topological polar surface area (TPSA) is 0 Å². The van der Waals surface area contributed by atoms with Crippen LogP contribution in [-0.4, -0.2) is 6.16 Å². The number of hydrogen-bond acceptors (Lipinski definition) is 0. The van der Waals surface area contributed by atoms with Crippen LogP contribution in [0, 0.1) is 23.5 Å². The molecule has 0 spiro atoms. The third-order valence-corrected chi connectivity index (χ3v) is 7.72. The summed E-state index contributed by atoms with van der Waals surface area (Å²) in [4.78, 5) is 0. The molecule has 2 aromatic rings. The van der Waals surface area contributed by atoms with Gasteiger partial charge in [-0.3, -0.25) is 0 Å². The summed E-state index contributed by atoms with van der Waals surface area (Å²) in [5, 5.41) is 1.37. The molecule has 1 aliphatic carbocycles. The smallest absolute Gasteiger partial charge is 0.131 e. The van der Waals surface area contributed by atoms with Gasteiger partial charge in [0.1, 0.15) is 11.6 Å². The van der Waals surface area contributed by atoms with Crippen molar-refractivity contribution in [2.45, 2.75) is 32.6 Å². The summed E-state index contributed by atoms with van der Waals surface area (Å²) in [6.45, 7) is 2.29. The molecule has 0 amide bonds. The Labute approximate surface area is 138 Å². The normalized spacial score (nSPS) is 21.6. The van der Waals surface area contributed by atoms with E-state index in [2.05, 4.69) is 6.92 Å². The van der Waals surface area contributed by atoms with Crippen molar-refractivity contribution < 1.29 is 8.78 Å². The lowest BCUT2D eigenvalue weighted by Gasteiger charge is -2.32. The Morgan fingerprint density at radius 1 is 0.870 bits per heavy atom. The van der Waals surface area contributed by atoms with E-state index in [9.17, 15) is 8.78 Å². The van der Waals surface area contributed by atoms with E-state index >= 15 is 0 Å². The minimum atomic E-state index is -0.992. The first kappa shape index (κ1) is 16.6. The maximum atomic E-state index is 14.4. The summed E-state index contributed by atoms with van der Waals surface area (Å²) in [5.41, 5.74) is 0. The van der Waals surface area contributed by atoms with E-state index in [1.165, 1.54) is 37.8 Å². The van der Waals surface area contributed by atoms with Crippen LogP contribution in [-0.2, 0) is 0 Å². The van der Waals surface area contributed by atoms with Crippen LogP contribution in [0.15, 0.2) is 48.5 Å². The zero-order chi connectivity index (χ0) is 16.2. The molecule has 2 unspecified atom stereocenters. The van der Waals surface area contributed by atoms with Gasteiger partial charge in [0.05, 0.1) is 0 Å². The van der Waals surface area contributed by atoms with Crippen LogP contribution >= 0.6 is 7.92 Å². The van der Waals surface area contributed by atoms with Crippen molar-refractivity contribution in [1.82, 2.24) is 0 Å². The standard InChI is InChI=1S/C20H23F2P/c1-15-8-2-3-9-16(15)14-23(19-12-6-4-10-17(19)21)20-13-7-5-11-18(20)22/h4-7,10-13,15-16H,2-3,8-9,14H2,1H3. The van der Waals surface area contributed by atoms with Crippen molar-refractivity contribution in [3.05, 3.63) is 60.2 Å². The summed E-state index contributed by atoms with van der Waals surface area (Å²) in [6, 6.07) is 13.8. The summed E-state index contributed by atoms with van der Waals surface area (Å²) < 4.78 is 28.8. The second-order valence-electron chi connectivity index (χ2n) is 6.54. The lowest BCUT2D eigenvalue weighted by Crippen LogP contribution is -2.27. The average molecular weight is 332 g/mol. The molecular weight excluding hydrogens is 309 g/mol. The lowest BCUT2D eigenvalue weighted by molar-refractivity contribution is 0.281. The zero-order valence-corrected chi connectivity index (χ0v) is 14.4. The Morgan fingerprint density at radius 2 is 1.39 bits per heavy atom. The van der Waals surface area contributed by atoms with Crippen LogP contribution in [0.3, 0.4) is 0 Å². The molecule has 122 valence electrons. The highest BCUT2D eigenvalue weighted by Crippen LogP contribution is 2.43. The summed E-state index contributed by atoms with van der Waals surface area (Å²) in [7, 11) is -0.992. The zero-order valence-electron chi connectivity index (χ0n) is 13.5. The minimum absolute atomic E-state index is 0.203. The van der Waals surface area contributed by atoms with Crippen molar-refractivity contribution in [3.8, 4) is 0 Å². The molecule has 0 bridgehead atoms. The predicted molar refractivity (Wildman–Crippen MR) is 95.0 cm³/mol. The molecule has 0 aromatic heterocycles. The molecule has 1 saturated carbocycles. The largest absolute Gasteiger partial charge is 0.206 e. The molecule has 2 atom stereocenters. The monoisotopic (exact) mass is 332 g/mol. The summed E-state index contributed by atoms with van der Waals surface area (Å²) in [6.07, 6.45) is 5.84. The van der Waals surface area contributed by atoms with Crippen molar-refractivity contribution in [3.63, 3.8) is 0 Å². The highest BCUT2D eigenvalue weighted by Gasteiger charge is 2.28. The van der Waals surface area contributed by atoms with Gasteiger partial charge in [0.25, 0.3) is 0 Å². The van der Waals surface area contributed by atoms with E-state index in [0.29, 0.717) is 22.4 Å². The molecule has 3 rings (SSSR count). The third-order valence-electron chi connectivity index (χ3n) is 4.99. The van der Waals surface area contributed by atoms with E-state index in [-0.39, 0.29) is 11.6 Å². The van der Waals surface area contributed by atoms with Crippen molar-refractivity contribution in [2.75, 3.05) is 6.16 Å². The van der Waals surface area contributed by atoms with Crippen LogP contribution < -0.4 is 10.6 Å². The van der Waals surface area contributed by atoms with Gasteiger partial charge < -0.3 is 0 Å². The Kier molecular flexibility index (Phi) is 5.43. The minimum Gasteiger partial charge on any atom is -0.206 e. The Balaban J connectivity index is 1.97. The van der Waals surface area contributed by atoms with E-state index in [1.807, 2.05) is 24.3 Å². The molecule has 1 fully saturated rings. The van der Waals surface area contributed by atoms with Crippen LogP contribution in [0.25, 0.3) is 0 Å². The number of hydrogen-bond donors (Lipinski definition) is 0. The van der Waals surface area contributed by atoms with Gasteiger partial charge in [-0.2, -0.15) is 0 Å². The average Bonchev–Trinajstić information content (AvgIpc) is 2.56. The van der Waals surface area contributed by atoms with Gasteiger partial charge in [0.15, 0.2) is 0 Å². The first-order chi connectivity index (χ1) is 11.2. The molecule has 0 saturated heterocycles. The molecule has 0 aliphatic heterocycles. The fourth-order valence-corrected chi connectivity index (χ4v) is 6.43. The highest BCUT2D eigenvalue weighted by molar-refractivity contribution is 7.73. The van der Waals surface area contributed by atoms with Crippen molar-refractivity contribution in [2.24, 2.45) is 11.8 Å². The van der Waals surface area contributed by atoms with E-state index in [4.69, 9.17) is 0 Å². The Hall–Kier alpha value is -1.27. The van der Waals surface area contributed by atoms with Crippen LogP contribution in [0.4, 0.5) is 8.78 Å². The molecular formula is C20H23F2P. The summed E-state index contributed by atoms with van der Waals surface area (Å²) in [5.74, 6) is 0.803. The number of halogens is 2. The molecule has 0 radical (unpaired) electrons. The molecule has 0 N–H and O–H groups in total. The van der Waals surface area contributed by atoms with Crippen LogP contribution in [0.5, 0.6) is 0 Å². The maximum Gasteiger partial charge on any atom is 0.131 e. The van der Waals surface area contributed by atoms with Gasteiger partial charge in [-0.1, -0.05) is 62.6 Å². The Morgan fingerprint density at radius 3 is 1.91 bits per heavy atom. The van der Waals surface area contributed by atoms with Gasteiger partial charge in [-0.25, -0.2) is 8.78 Å². The molecule has 0 nitrogen and oxygen atoms in total. The molecule has 3 heteroatoms. The fraction of sp³-hybridized carbons (Fsp3) is 0.400. The lowest BCUT2D eigenvalue weighted by atomic mass is 9.82. The highest BCUT2D eigenvalue weighted by atomic mass is 31.1. The molecule has 23 heavy (non-hydrogen) atoms. The SMILES string of the molecule is CC1CCCCC1CP(c1ccccc1F)c1ccccc1F. The van der Waals surface area contributed by atoms with Crippen molar-refractivity contribution >= 4 is 18.5 Å². The number of benzene rings is 2. The Bertz CT molecular complexity index is 610. The van der Waals surface area contributed by atoms with E-state index in [1.54, 1.807) is 12.1 Å². The van der Waals surface area contributed by atoms with E-state index < -0.39 is 7.92 Å². The first-order valence-electron chi connectivity index (χ1n) is 8.43. The fourth-order valence-electron chi connectivity index (χ4n) is 3.57. The summed E-state index contributed by atoms with van der Waals surface area (Å²) >= 11 is 0. The second-order valence-corrected chi connectivity index (χ2v) is 8.72. The number of rotatable bonds is 4. The van der Waals surface area contributed by atoms with Crippen molar-refractivity contribution in [1.29, 1.82) is 0 Å². The van der Waals surface area contributed by atoms with Gasteiger partial charge in [0, 0.05) is 10.6 Å². The van der Waals surface area contributed by atoms with Gasteiger partial charge in [-0.05, 0) is 44.5 Å². The van der Waals surface area contributed by atoms with Gasteiger partial charge in [-0.15, -0.1) is 0 Å². The van der Waals surface area contributed by atoms with Gasteiger partial charge in [0.2, 0.25) is 0 Å². The quantitative estimate of drug-likeness (QED) is 0.673. The maximum absolute atomic E-state index is 14.4. The van der Waals surface area contributed by atoms with Crippen LogP contribution in [0.2, 0.25) is 0 Å². The molecule has 1 aliphatic rings. The predicted octanol–water partition coefficient (Wildman–Crippen LogP) is 5.22. The van der Waals surface area contributed by atoms with Gasteiger partial charge >= 0.3 is 0 Å². The molecule has 2 aromatic carbocycles. The second kappa shape index (κ2) is 7.53. The van der Waals surface area contributed by atoms with E-state index in [0.717, 1.165) is 6.16 Å².